The molecule has 0 unspecified atom stereocenters. The van der Waals surface area contributed by atoms with Crippen LogP contribution < -0.4 is 5.73 Å². The van der Waals surface area contributed by atoms with Gasteiger partial charge < -0.3 is 10.2 Å². The molecule has 0 atom stereocenters. The van der Waals surface area contributed by atoms with Crippen LogP contribution in [0.5, 0.6) is 0 Å². The predicted octanol–water partition coefficient (Wildman–Crippen LogP) is 2.75. The number of halogens is 1. The number of rotatable bonds is 1. The van der Waals surface area contributed by atoms with E-state index in [9.17, 15) is 0 Å². The molecule has 10 heavy (non-hydrogen) atoms. The SMILES string of the molecule is CC(C)c1oc(Br)cc1N. The Morgan fingerprint density at radius 1 is 1.60 bits per heavy atom. The summed E-state index contributed by atoms with van der Waals surface area (Å²) in [6, 6.07) is 1.77. The lowest BCUT2D eigenvalue weighted by molar-refractivity contribution is 0.469. The summed E-state index contributed by atoms with van der Waals surface area (Å²) in [4.78, 5) is 0. The summed E-state index contributed by atoms with van der Waals surface area (Å²) in [5.74, 6) is 1.21. The first-order chi connectivity index (χ1) is 4.61. The van der Waals surface area contributed by atoms with E-state index in [-0.39, 0.29) is 0 Å². The molecule has 2 nitrogen and oxygen atoms in total. The Morgan fingerprint density at radius 2 is 2.20 bits per heavy atom. The fourth-order valence-corrected chi connectivity index (χ4v) is 1.26. The second-order valence-electron chi connectivity index (χ2n) is 2.52. The van der Waals surface area contributed by atoms with Crippen LogP contribution >= 0.6 is 15.9 Å². The molecule has 0 aliphatic rings. The van der Waals surface area contributed by atoms with Gasteiger partial charge in [0.1, 0.15) is 5.76 Å². The first kappa shape index (κ1) is 7.66. The first-order valence-electron chi connectivity index (χ1n) is 3.16. The molecule has 1 aromatic rings. The van der Waals surface area contributed by atoms with Gasteiger partial charge in [-0.05, 0) is 15.9 Å². The predicted molar refractivity (Wildman–Crippen MR) is 44.9 cm³/mol. The molecule has 0 amide bonds. The van der Waals surface area contributed by atoms with Gasteiger partial charge in [-0.25, -0.2) is 0 Å². The summed E-state index contributed by atoms with van der Waals surface area (Å²) in [6.07, 6.45) is 0. The van der Waals surface area contributed by atoms with Crippen LogP contribution in [0, 0.1) is 0 Å². The average Bonchev–Trinajstić information content (AvgIpc) is 2.10. The van der Waals surface area contributed by atoms with Crippen LogP contribution in [-0.4, -0.2) is 0 Å². The maximum Gasteiger partial charge on any atom is 0.171 e. The highest BCUT2D eigenvalue weighted by atomic mass is 79.9. The van der Waals surface area contributed by atoms with E-state index in [1.165, 1.54) is 0 Å². The maximum absolute atomic E-state index is 5.62. The van der Waals surface area contributed by atoms with Gasteiger partial charge in [0.2, 0.25) is 0 Å². The average molecular weight is 204 g/mol. The van der Waals surface area contributed by atoms with E-state index < -0.39 is 0 Å². The number of nitrogens with two attached hydrogens (primary N) is 1. The fraction of sp³-hybridized carbons (Fsp3) is 0.429. The van der Waals surface area contributed by atoms with Gasteiger partial charge in [0.15, 0.2) is 4.67 Å². The Bertz CT molecular complexity index is 230. The number of hydrogen-bond donors (Lipinski definition) is 1. The molecule has 0 saturated carbocycles. The Hall–Kier alpha value is -0.440. The minimum absolute atomic E-state index is 0.353. The lowest BCUT2D eigenvalue weighted by Crippen LogP contribution is -1.90. The third kappa shape index (κ3) is 1.34. The van der Waals surface area contributed by atoms with Crippen molar-refractivity contribution in [3.05, 3.63) is 16.5 Å². The molecule has 3 heteroatoms. The zero-order chi connectivity index (χ0) is 7.72. The number of anilines is 1. The lowest BCUT2D eigenvalue weighted by atomic mass is 10.1. The van der Waals surface area contributed by atoms with Crippen molar-refractivity contribution in [2.75, 3.05) is 5.73 Å². The third-order valence-electron chi connectivity index (χ3n) is 1.29. The smallest absolute Gasteiger partial charge is 0.171 e. The summed E-state index contributed by atoms with van der Waals surface area (Å²) in [6.45, 7) is 4.09. The lowest BCUT2D eigenvalue weighted by Gasteiger charge is -1.99. The Kier molecular flexibility index (Phi) is 2.04. The quantitative estimate of drug-likeness (QED) is 0.763. The Balaban J connectivity index is 3.03. The summed E-state index contributed by atoms with van der Waals surface area (Å²) < 4.78 is 5.97. The zero-order valence-corrected chi connectivity index (χ0v) is 7.60. The van der Waals surface area contributed by atoms with Gasteiger partial charge in [-0.2, -0.15) is 0 Å². The highest BCUT2D eigenvalue weighted by molar-refractivity contribution is 9.10. The van der Waals surface area contributed by atoms with Crippen LogP contribution in [0.2, 0.25) is 0 Å². The van der Waals surface area contributed by atoms with Crippen molar-refractivity contribution in [1.29, 1.82) is 0 Å². The van der Waals surface area contributed by atoms with E-state index in [0.717, 1.165) is 11.4 Å². The van der Waals surface area contributed by atoms with Crippen LogP contribution in [0.4, 0.5) is 5.69 Å². The van der Waals surface area contributed by atoms with Gasteiger partial charge in [-0.15, -0.1) is 0 Å². The highest BCUT2D eigenvalue weighted by Gasteiger charge is 2.09. The summed E-state index contributed by atoms with van der Waals surface area (Å²) >= 11 is 3.20. The molecule has 0 spiro atoms. The van der Waals surface area contributed by atoms with Gasteiger partial charge in [-0.3, -0.25) is 0 Å². The standard InChI is InChI=1S/C7H10BrNO/c1-4(2)7-5(9)3-6(8)10-7/h3-4H,9H2,1-2H3. The Morgan fingerprint density at radius 3 is 2.40 bits per heavy atom. The largest absolute Gasteiger partial charge is 0.452 e. The van der Waals surface area contributed by atoms with Crippen LogP contribution in [0.3, 0.4) is 0 Å². The van der Waals surface area contributed by atoms with Gasteiger partial charge >= 0.3 is 0 Å². The maximum atomic E-state index is 5.62. The van der Waals surface area contributed by atoms with Crippen molar-refractivity contribution in [1.82, 2.24) is 0 Å². The third-order valence-corrected chi connectivity index (χ3v) is 1.68. The van der Waals surface area contributed by atoms with Crippen molar-refractivity contribution in [3.63, 3.8) is 0 Å². The van der Waals surface area contributed by atoms with E-state index in [1.807, 2.05) is 13.8 Å². The van der Waals surface area contributed by atoms with Crippen LogP contribution in [0.15, 0.2) is 15.2 Å². The second kappa shape index (κ2) is 2.66. The fourth-order valence-electron chi connectivity index (χ4n) is 0.838. The zero-order valence-electron chi connectivity index (χ0n) is 6.02. The minimum atomic E-state index is 0.353. The number of furan rings is 1. The first-order valence-corrected chi connectivity index (χ1v) is 3.95. The monoisotopic (exact) mass is 203 g/mol. The van der Waals surface area contributed by atoms with Crippen LogP contribution in [-0.2, 0) is 0 Å². The van der Waals surface area contributed by atoms with E-state index in [1.54, 1.807) is 6.07 Å². The van der Waals surface area contributed by atoms with E-state index in [2.05, 4.69) is 15.9 Å². The Labute approximate surface area is 68.5 Å². The van der Waals surface area contributed by atoms with Crippen molar-refractivity contribution in [2.24, 2.45) is 0 Å². The van der Waals surface area contributed by atoms with Gasteiger partial charge in [0, 0.05) is 12.0 Å². The molecule has 1 heterocycles. The molecule has 0 saturated heterocycles. The molecule has 0 bridgehead atoms. The van der Waals surface area contributed by atoms with E-state index in [0.29, 0.717) is 10.6 Å². The molecule has 0 aromatic carbocycles. The van der Waals surface area contributed by atoms with E-state index >= 15 is 0 Å². The second-order valence-corrected chi connectivity index (χ2v) is 3.31. The molecule has 0 radical (unpaired) electrons. The summed E-state index contributed by atoms with van der Waals surface area (Å²) in [5.41, 5.74) is 6.34. The van der Waals surface area contributed by atoms with Crippen molar-refractivity contribution < 1.29 is 4.42 Å². The van der Waals surface area contributed by atoms with Gasteiger partial charge in [0.05, 0.1) is 5.69 Å². The molecule has 2 N–H and O–H groups in total. The van der Waals surface area contributed by atoms with Crippen molar-refractivity contribution in [3.8, 4) is 0 Å². The molecular weight excluding hydrogens is 194 g/mol. The summed E-state index contributed by atoms with van der Waals surface area (Å²) in [5, 5.41) is 0. The van der Waals surface area contributed by atoms with E-state index in [4.69, 9.17) is 10.2 Å². The molecule has 0 aliphatic heterocycles. The molecule has 0 fully saturated rings. The van der Waals surface area contributed by atoms with Gasteiger partial charge in [-0.1, -0.05) is 13.8 Å². The number of hydrogen-bond acceptors (Lipinski definition) is 2. The molecular formula is C7H10BrNO. The molecule has 56 valence electrons. The molecule has 1 rings (SSSR count). The molecule has 0 aliphatic carbocycles. The molecule has 1 aromatic heterocycles. The number of nitrogen functional groups attached to an aromatic ring is 1. The van der Waals surface area contributed by atoms with Crippen molar-refractivity contribution >= 4 is 21.6 Å². The summed E-state index contributed by atoms with van der Waals surface area (Å²) in [7, 11) is 0. The highest BCUT2D eigenvalue weighted by Crippen LogP contribution is 2.28. The van der Waals surface area contributed by atoms with Crippen LogP contribution in [0.25, 0.3) is 0 Å². The van der Waals surface area contributed by atoms with Gasteiger partial charge in [0.25, 0.3) is 0 Å². The topological polar surface area (TPSA) is 39.2 Å². The van der Waals surface area contributed by atoms with Crippen LogP contribution in [0.1, 0.15) is 25.5 Å². The van der Waals surface area contributed by atoms with Crippen molar-refractivity contribution in [2.45, 2.75) is 19.8 Å². The normalized spacial score (nSPS) is 10.8. The minimum Gasteiger partial charge on any atom is -0.452 e.